The van der Waals surface area contributed by atoms with Gasteiger partial charge in [-0.15, -0.1) is 0 Å². The Bertz CT molecular complexity index is 743. The fourth-order valence-corrected chi connectivity index (χ4v) is 2.30. The highest BCUT2D eigenvalue weighted by Crippen LogP contribution is 2.27. The molecule has 96 valence electrons. The number of nitrogens with two attached hydrogens (primary N) is 1. The van der Waals surface area contributed by atoms with Crippen LogP contribution in [0.4, 0.5) is 0 Å². The van der Waals surface area contributed by atoms with Crippen molar-refractivity contribution < 1.29 is 0 Å². The molecule has 3 rings (SSSR count). The molecule has 3 aromatic rings. The third-order valence-electron chi connectivity index (χ3n) is 3.31. The SMILES string of the molecule is Cc1ccc(C)c(-c2nc(CN)n3cccnc23)c1. The minimum absolute atomic E-state index is 0.401. The molecule has 2 N–H and O–H groups in total. The summed E-state index contributed by atoms with van der Waals surface area (Å²) in [6, 6.07) is 8.25. The predicted octanol–water partition coefficient (Wildman–Crippen LogP) is 2.47. The van der Waals surface area contributed by atoms with Gasteiger partial charge < -0.3 is 5.73 Å². The largest absolute Gasteiger partial charge is 0.324 e. The summed E-state index contributed by atoms with van der Waals surface area (Å²) in [4.78, 5) is 9.10. The fourth-order valence-electron chi connectivity index (χ4n) is 2.30. The Balaban J connectivity index is 2.33. The molecule has 0 atom stereocenters. The van der Waals surface area contributed by atoms with Crippen LogP contribution in [0.25, 0.3) is 16.9 Å². The molecule has 0 aliphatic rings. The van der Waals surface area contributed by atoms with Crippen LogP contribution in [0.15, 0.2) is 36.7 Å². The number of imidazole rings is 1. The zero-order valence-electron chi connectivity index (χ0n) is 11.1. The molecule has 0 spiro atoms. The fraction of sp³-hybridized carbons (Fsp3) is 0.200. The van der Waals surface area contributed by atoms with Crippen molar-refractivity contribution in [2.75, 3.05) is 0 Å². The van der Waals surface area contributed by atoms with Gasteiger partial charge in [0, 0.05) is 18.0 Å². The Kier molecular flexibility index (Phi) is 2.80. The van der Waals surface area contributed by atoms with E-state index in [0.717, 1.165) is 22.7 Å². The number of rotatable bonds is 2. The Morgan fingerprint density at radius 1 is 1.26 bits per heavy atom. The van der Waals surface area contributed by atoms with E-state index < -0.39 is 0 Å². The van der Waals surface area contributed by atoms with Gasteiger partial charge in [0.25, 0.3) is 0 Å². The van der Waals surface area contributed by atoms with E-state index in [1.54, 1.807) is 6.20 Å². The molecule has 0 amide bonds. The van der Waals surface area contributed by atoms with Crippen molar-refractivity contribution in [1.29, 1.82) is 0 Å². The van der Waals surface area contributed by atoms with Gasteiger partial charge in [0.15, 0.2) is 5.65 Å². The van der Waals surface area contributed by atoms with Crippen LogP contribution in [0.5, 0.6) is 0 Å². The van der Waals surface area contributed by atoms with Crippen LogP contribution in [-0.4, -0.2) is 14.4 Å². The molecule has 0 aliphatic heterocycles. The number of aryl methyl sites for hydroxylation is 2. The summed E-state index contributed by atoms with van der Waals surface area (Å²) in [6.07, 6.45) is 3.73. The third-order valence-corrected chi connectivity index (χ3v) is 3.31. The second-order valence-electron chi connectivity index (χ2n) is 4.71. The molecular weight excluding hydrogens is 236 g/mol. The molecular formula is C15H16N4. The smallest absolute Gasteiger partial charge is 0.164 e. The van der Waals surface area contributed by atoms with Crippen LogP contribution in [0, 0.1) is 13.8 Å². The van der Waals surface area contributed by atoms with Gasteiger partial charge in [0.2, 0.25) is 0 Å². The maximum Gasteiger partial charge on any atom is 0.164 e. The summed E-state index contributed by atoms with van der Waals surface area (Å²) < 4.78 is 1.96. The van der Waals surface area contributed by atoms with E-state index in [0.29, 0.717) is 6.54 Å². The second-order valence-corrected chi connectivity index (χ2v) is 4.71. The molecule has 0 saturated carbocycles. The van der Waals surface area contributed by atoms with Gasteiger partial charge in [0.1, 0.15) is 11.5 Å². The minimum atomic E-state index is 0.401. The molecule has 19 heavy (non-hydrogen) atoms. The molecule has 0 saturated heterocycles. The van der Waals surface area contributed by atoms with E-state index >= 15 is 0 Å². The van der Waals surface area contributed by atoms with Gasteiger partial charge >= 0.3 is 0 Å². The lowest BCUT2D eigenvalue weighted by Crippen LogP contribution is -2.02. The van der Waals surface area contributed by atoms with E-state index in [1.807, 2.05) is 16.7 Å². The van der Waals surface area contributed by atoms with Gasteiger partial charge in [0.05, 0.1) is 6.54 Å². The van der Waals surface area contributed by atoms with Gasteiger partial charge in [-0.05, 0) is 31.5 Å². The molecule has 2 heterocycles. The highest BCUT2D eigenvalue weighted by molar-refractivity contribution is 5.77. The van der Waals surface area contributed by atoms with E-state index in [4.69, 9.17) is 5.73 Å². The first-order valence-corrected chi connectivity index (χ1v) is 6.30. The van der Waals surface area contributed by atoms with Crippen molar-refractivity contribution in [2.45, 2.75) is 20.4 Å². The number of fused-ring (bicyclic) bond motifs is 1. The van der Waals surface area contributed by atoms with Crippen molar-refractivity contribution in [2.24, 2.45) is 5.73 Å². The van der Waals surface area contributed by atoms with Gasteiger partial charge in [-0.1, -0.05) is 17.7 Å². The van der Waals surface area contributed by atoms with Crippen molar-refractivity contribution in [1.82, 2.24) is 14.4 Å². The van der Waals surface area contributed by atoms with Crippen molar-refractivity contribution in [3.8, 4) is 11.3 Å². The molecule has 4 heteroatoms. The quantitative estimate of drug-likeness (QED) is 0.762. The van der Waals surface area contributed by atoms with Crippen LogP contribution in [0.2, 0.25) is 0 Å². The number of benzene rings is 1. The van der Waals surface area contributed by atoms with E-state index in [1.165, 1.54) is 11.1 Å². The lowest BCUT2D eigenvalue weighted by atomic mass is 10.0. The zero-order chi connectivity index (χ0) is 13.4. The molecule has 0 bridgehead atoms. The first kappa shape index (κ1) is 11.9. The van der Waals surface area contributed by atoms with Gasteiger partial charge in [-0.2, -0.15) is 0 Å². The highest BCUT2D eigenvalue weighted by Gasteiger charge is 2.14. The highest BCUT2D eigenvalue weighted by atomic mass is 15.1. The molecule has 0 unspecified atom stereocenters. The lowest BCUT2D eigenvalue weighted by molar-refractivity contribution is 0.897. The first-order chi connectivity index (χ1) is 9.20. The molecule has 1 aromatic carbocycles. The summed E-state index contributed by atoms with van der Waals surface area (Å²) >= 11 is 0. The maximum atomic E-state index is 5.76. The summed E-state index contributed by atoms with van der Waals surface area (Å²) in [6.45, 7) is 4.57. The number of hydrogen-bond donors (Lipinski definition) is 1. The number of hydrogen-bond acceptors (Lipinski definition) is 3. The van der Waals surface area contributed by atoms with Crippen LogP contribution in [0.1, 0.15) is 17.0 Å². The van der Waals surface area contributed by atoms with Crippen LogP contribution in [-0.2, 0) is 6.54 Å². The van der Waals surface area contributed by atoms with E-state index in [-0.39, 0.29) is 0 Å². The summed E-state index contributed by atoms with van der Waals surface area (Å²) in [5, 5.41) is 0. The third kappa shape index (κ3) is 1.90. The summed E-state index contributed by atoms with van der Waals surface area (Å²) in [7, 11) is 0. The van der Waals surface area contributed by atoms with Crippen LogP contribution < -0.4 is 5.73 Å². The average molecular weight is 252 g/mol. The van der Waals surface area contributed by atoms with Crippen molar-refractivity contribution in [3.05, 3.63) is 53.6 Å². The molecule has 2 aromatic heterocycles. The summed E-state index contributed by atoms with van der Waals surface area (Å²) in [5.74, 6) is 0.832. The van der Waals surface area contributed by atoms with Crippen LogP contribution >= 0.6 is 0 Å². The van der Waals surface area contributed by atoms with E-state index in [2.05, 4.69) is 42.0 Å². The number of aromatic nitrogens is 3. The normalized spacial score (nSPS) is 11.1. The van der Waals surface area contributed by atoms with Crippen molar-refractivity contribution >= 4 is 5.65 Å². The first-order valence-electron chi connectivity index (χ1n) is 6.30. The van der Waals surface area contributed by atoms with Crippen molar-refractivity contribution in [3.63, 3.8) is 0 Å². The lowest BCUT2D eigenvalue weighted by Gasteiger charge is -2.04. The zero-order valence-corrected chi connectivity index (χ0v) is 11.1. The molecule has 4 nitrogen and oxygen atoms in total. The Morgan fingerprint density at radius 3 is 2.89 bits per heavy atom. The monoisotopic (exact) mass is 252 g/mol. The van der Waals surface area contributed by atoms with E-state index in [9.17, 15) is 0 Å². The summed E-state index contributed by atoms with van der Waals surface area (Å²) in [5.41, 5.74) is 11.1. The minimum Gasteiger partial charge on any atom is -0.324 e. The Labute approximate surface area is 111 Å². The topological polar surface area (TPSA) is 56.2 Å². The Morgan fingerprint density at radius 2 is 2.11 bits per heavy atom. The molecule has 0 aliphatic carbocycles. The average Bonchev–Trinajstić information content (AvgIpc) is 2.80. The van der Waals surface area contributed by atoms with Gasteiger partial charge in [-0.3, -0.25) is 4.40 Å². The number of nitrogens with zero attached hydrogens (tertiary/aromatic N) is 3. The Hall–Kier alpha value is -2.20. The van der Waals surface area contributed by atoms with Gasteiger partial charge in [-0.25, -0.2) is 9.97 Å². The standard InChI is InChI=1S/C15H16N4/c1-10-4-5-11(2)12(8-10)14-15-17-6-3-7-19(15)13(9-16)18-14/h3-8H,9,16H2,1-2H3. The second kappa shape index (κ2) is 4.48. The molecule has 0 radical (unpaired) electrons. The van der Waals surface area contributed by atoms with Crippen LogP contribution in [0.3, 0.4) is 0 Å². The molecule has 0 fully saturated rings. The predicted molar refractivity (Wildman–Crippen MR) is 75.8 cm³/mol. The maximum absolute atomic E-state index is 5.76.